The highest BCUT2D eigenvalue weighted by molar-refractivity contribution is 7.92. The average Bonchev–Trinajstić information content (AvgIpc) is 2.02. The summed E-state index contributed by atoms with van der Waals surface area (Å²) in [5.74, 6) is 1.39. The standard InChI is InChI=1S/C8H10O3S/c1-2-7(9)8-5-3-4-6-12(8,10)11/h1,8H,3-6H2. The van der Waals surface area contributed by atoms with Crippen molar-refractivity contribution in [1.29, 1.82) is 0 Å². The Labute approximate surface area is 72.1 Å². The molecule has 0 aliphatic carbocycles. The number of rotatable bonds is 1. The lowest BCUT2D eigenvalue weighted by Crippen LogP contribution is -2.34. The Kier molecular flexibility index (Phi) is 2.53. The third kappa shape index (κ3) is 1.67. The van der Waals surface area contributed by atoms with Gasteiger partial charge in [0.25, 0.3) is 0 Å². The van der Waals surface area contributed by atoms with E-state index in [9.17, 15) is 13.2 Å². The van der Waals surface area contributed by atoms with E-state index in [0.717, 1.165) is 6.42 Å². The molecule has 0 amide bonds. The van der Waals surface area contributed by atoms with E-state index in [4.69, 9.17) is 6.42 Å². The number of Topliss-reactive ketones (excluding diaryl/α,β-unsaturated/α-hetero) is 1. The van der Waals surface area contributed by atoms with E-state index in [2.05, 4.69) is 0 Å². The first-order valence-electron chi connectivity index (χ1n) is 3.80. The van der Waals surface area contributed by atoms with Crippen molar-refractivity contribution in [2.24, 2.45) is 0 Å². The summed E-state index contributed by atoms with van der Waals surface area (Å²) in [6, 6.07) is 0. The minimum absolute atomic E-state index is 0.102. The van der Waals surface area contributed by atoms with Gasteiger partial charge in [-0.25, -0.2) is 8.42 Å². The number of hydrogen-bond donors (Lipinski definition) is 0. The lowest BCUT2D eigenvalue weighted by atomic mass is 10.1. The van der Waals surface area contributed by atoms with Crippen LogP contribution < -0.4 is 0 Å². The van der Waals surface area contributed by atoms with Crippen LogP contribution in [0, 0.1) is 12.3 Å². The summed E-state index contributed by atoms with van der Waals surface area (Å²) in [6.07, 6.45) is 6.68. The van der Waals surface area contributed by atoms with Crippen LogP contribution in [0.2, 0.25) is 0 Å². The molecule has 0 saturated carbocycles. The van der Waals surface area contributed by atoms with Crippen LogP contribution in [0.1, 0.15) is 19.3 Å². The summed E-state index contributed by atoms with van der Waals surface area (Å²) in [7, 11) is -3.23. The van der Waals surface area contributed by atoms with Gasteiger partial charge in [0.2, 0.25) is 5.78 Å². The molecule has 0 aromatic carbocycles. The fourth-order valence-corrected chi connectivity index (χ4v) is 3.15. The topological polar surface area (TPSA) is 51.2 Å². The predicted octanol–water partition coefficient (Wildman–Crippen LogP) is 0.156. The zero-order valence-electron chi connectivity index (χ0n) is 6.62. The van der Waals surface area contributed by atoms with E-state index < -0.39 is 20.9 Å². The van der Waals surface area contributed by atoms with Gasteiger partial charge in [-0.2, -0.15) is 0 Å². The smallest absolute Gasteiger partial charge is 0.223 e. The number of ketones is 1. The first-order chi connectivity index (χ1) is 5.58. The molecular weight excluding hydrogens is 176 g/mol. The van der Waals surface area contributed by atoms with E-state index in [1.165, 1.54) is 0 Å². The molecule has 1 rings (SSSR count). The number of terminal acetylenes is 1. The quantitative estimate of drug-likeness (QED) is 0.433. The molecule has 1 saturated heterocycles. The van der Waals surface area contributed by atoms with Gasteiger partial charge in [0, 0.05) is 0 Å². The normalized spacial score (nSPS) is 27.4. The van der Waals surface area contributed by atoms with Crippen molar-refractivity contribution in [3.63, 3.8) is 0 Å². The Bertz CT molecular complexity index is 321. The molecule has 3 nitrogen and oxygen atoms in total. The van der Waals surface area contributed by atoms with Crippen LogP contribution >= 0.6 is 0 Å². The van der Waals surface area contributed by atoms with Crippen molar-refractivity contribution < 1.29 is 13.2 Å². The molecule has 1 heterocycles. The fourth-order valence-electron chi connectivity index (χ4n) is 1.34. The van der Waals surface area contributed by atoms with E-state index in [1.54, 1.807) is 0 Å². The minimum atomic E-state index is -3.23. The molecule has 4 heteroatoms. The molecule has 12 heavy (non-hydrogen) atoms. The molecule has 0 aromatic rings. The maximum Gasteiger partial charge on any atom is 0.223 e. The van der Waals surface area contributed by atoms with Crippen LogP contribution in [0.5, 0.6) is 0 Å². The highest BCUT2D eigenvalue weighted by Crippen LogP contribution is 2.19. The van der Waals surface area contributed by atoms with Crippen LogP contribution in [0.3, 0.4) is 0 Å². The molecule has 0 spiro atoms. The SMILES string of the molecule is C#CC(=O)C1CCCCS1(=O)=O. The molecule has 1 unspecified atom stereocenters. The molecule has 1 atom stereocenters. The van der Waals surface area contributed by atoms with E-state index in [-0.39, 0.29) is 5.75 Å². The van der Waals surface area contributed by atoms with Crippen molar-refractivity contribution in [1.82, 2.24) is 0 Å². The van der Waals surface area contributed by atoms with Gasteiger partial charge in [0.15, 0.2) is 9.84 Å². The second kappa shape index (κ2) is 3.28. The minimum Gasteiger partial charge on any atom is -0.283 e. The second-order valence-corrected chi connectivity index (χ2v) is 5.16. The number of carbonyl (C=O) groups is 1. The van der Waals surface area contributed by atoms with Gasteiger partial charge >= 0.3 is 0 Å². The Morgan fingerprint density at radius 2 is 2.08 bits per heavy atom. The zero-order chi connectivity index (χ0) is 9.19. The first-order valence-corrected chi connectivity index (χ1v) is 5.51. The summed E-state index contributed by atoms with van der Waals surface area (Å²) < 4.78 is 22.5. The van der Waals surface area contributed by atoms with Crippen molar-refractivity contribution in [2.45, 2.75) is 24.5 Å². The molecule has 0 N–H and O–H groups in total. The van der Waals surface area contributed by atoms with Gasteiger partial charge in [0.1, 0.15) is 5.25 Å². The van der Waals surface area contributed by atoms with Gasteiger partial charge in [-0.1, -0.05) is 6.42 Å². The molecule has 0 aromatic heterocycles. The Hall–Kier alpha value is -0.820. The van der Waals surface area contributed by atoms with Gasteiger partial charge in [0.05, 0.1) is 5.75 Å². The summed E-state index contributed by atoms with van der Waals surface area (Å²) in [4.78, 5) is 11.0. The molecule has 1 aliphatic heterocycles. The molecule has 0 bridgehead atoms. The third-order valence-electron chi connectivity index (χ3n) is 2.01. The van der Waals surface area contributed by atoms with Gasteiger partial charge in [-0.3, -0.25) is 4.79 Å². The Balaban J connectivity index is 2.90. The van der Waals surface area contributed by atoms with E-state index >= 15 is 0 Å². The summed E-state index contributed by atoms with van der Waals surface area (Å²) in [6.45, 7) is 0. The number of hydrogen-bond acceptors (Lipinski definition) is 3. The molecule has 1 aliphatic rings. The van der Waals surface area contributed by atoms with Crippen molar-refractivity contribution in [3.05, 3.63) is 0 Å². The largest absolute Gasteiger partial charge is 0.283 e. The van der Waals surface area contributed by atoms with Gasteiger partial charge in [-0.05, 0) is 18.8 Å². The number of sulfone groups is 1. The third-order valence-corrected chi connectivity index (χ3v) is 4.19. The summed E-state index contributed by atoms with van der Waals surface area (Å²) >= 11 is 0. The molecular formula is C8H10O3S. The lowest BCUT2D eigenvalue weighted by Gasteiger charge is -2.18. The van der Waals surface area contributed by atoms with Crippen LogP contribution in [0.25, 0.3) is 0 Å². The Morgan fingerprint density at radius 1 is 1.42 bits per heavy atom. The monoisotopic (exact) mass is 186 g/mol. The predicted molar refractivity (Wildman–Crippen MR) is 45.3 cm³/mol. The van der Waals surface area contributed by atoms with E-state index in [0.29, 0.717) is 12.8 Å². The zero-order valence-corrected chi connectivity index (χ0v) is 7.43. The maximum atomic E-state index is 11.3. The maximum absolute atomic E-state index is 11.3. The molecule has 66 valence electrons. The highest BCUT2D eigenvalue weighted by atomic mass is 32.2. The molecule has 0 radical (unpaired) electrons. The Morgan fingerprint density at radius 3 is 2.58 bits per heavy atom. The van der Waals surface area contributed by atoms with Crippen LogP contribution in [0.4, 0.5) is 0 Å². The van der Waals surface area contributed by atoms with Crippen LogP contribution in [0.15, 0.2) is 0 Å². The number of carbonyl (C=O) groups excluding carboxylic acids is 1. The van der Waals surface area contributed by atoms with E-state index in [1.807, 2.05) is 5.92 Å². The second-order valence-electron chi connectivity index (χ2n) is 2.86. The molecule has 1 fully saturated rings. The van der Waals surface area contributed by atoms with Crippen molar-refractivity contribution in [3.8, 4) is 12.3 Å². The van der Waals surface area contributed by atoms with Crippen molar-refractivity contribution in [2.75, 3.05) is 5.75 Å². The van der Waals surface area contributed by atoms with Gasteiger partial charge < -0.3 is 0 Å². The fraction of sp³-hybridized carbons (Fsp3) is 0.625. The van der Waals surface area contributed by atoms with Gasteiger partial charge in [-0.15, -0.1) is 6.42 Å². The lowest BCUT2D eigenvalue weighted by molar-refractivity contribution is -0.113. The van der Waals surface area contributed by atoms with Crippen LogP contribution in [-0.4, -0.2) is 25.2 Å². The highest BCUT2D eigenvalue weighted by Gasteiger charge is 2.33. The first kappa shape index (κ1) is 9.27. The van der Waals surface area contributed by atoms with Crippen LogP contribution in [-0.2, 0) is 14.6 Å². The average molecular weight is 186 g/mol. The van der Waals surface area contributed by atoms with Crippen molar-refractivity contribution >= 4 is 15.6 Å². The summed E-state index contributed by atoms with van der Waals surface area (Å²) in [5, 5.41) is -0.920. The summed E-state index contributed by atoms with van der Waals surface area (Å²) in [5.41, 5.74) is 0.